The van der Waals surface area contributed by atoms with Crippen molar-refractivity contribution in [1.82, 2.24) is 0 Å². The predicted molar refractivity (Wildman–Crippen MR) is 94.8 cm³/mol. The van der Waals surface area contributed by atoms with Crippen molar-refractivity contribution < 1.29 is 31.5 Å². The van der Waals surface area contributed by atoms with Crippen LogP contribution in [-0.4, -0.2) is 44.4 Å². The molecule has 0 fully saturated rings. The molecule has 0 radical (unpaired) electrons. The Morgan fingerprint density at radius 3 is 2.32 bits per heavy atom. The summed E-state index contributed by atoms with van der Waals surface area (Å²) in [6.07, 6.45) is 1.84. The average Bonchev–Trinajstić information content (AvgIpc) is 2.58. The van der Waals surface area contributed by atoms with Crippen molar-refractivity contribution >= 4 is 0 Å². The van der Waals surface area contributed by atoms with Crippen LogP contribution in [0.3, 0.4) is 0 Å². The number of benzene rings is 2. The molecule has 136 valence electrons. The van der Waals surface area contributed by atoms with Gasteiger partial charge >= 0.3 is 0 Å². The number of aromatic hydroxyl groups is 1. The molecule has 2 aromatic carbocycles. The maximum Gasteiger partial charge on any atom is 0.167 e. The Morgan fingerprint density at radius 1 is 1.04 bits per heavy atom. The van der Waals surface area contributed by atoms with E-state index in [0.717, 1.165) is 35.2 Å². The van der Waals surface area contributed by atoms with E-state index < -0.39 is 0 Å². The topological polar surface area (TPSA) is 38.7 Å². The van der Waals surface area contributed by atoms with Crippen molar-refractivity contribution in [3.63, 3.8) is 0 Å². The highest BCUT2D eigenvalue weighted by atomic mass is 35.5. The molecule has 1 heterocycles. The average molecular weight is 364 g/mol. The fourth-order valence-electron chi connectivity index (χ4n) is 3.63. The number of likely N-dealkylation sites (N-methyl/N-ethyl adjacent to an activating group) is 1. The highest BCUT2D eigenvalue weighted by Gasteiger charge is 2.38. The van der Waals surface area contributed by atoms with E-state index in [1.54, 1.807) is 14.2 Å². The summed E-state index contributed by atoms with van der Waals surface area (Å²) >= 11 is 0. The number of rotatable bonds is 4. The minimum absolute atomic E-state index is 0. The lowest BCUT2D eigenvalue weighted by molar-refractivity contribution is -0.923. The van der Waals surface area contributed by atoms with Gasteiger partial charge in [0.1, 0.15) is 11.8 Å². The van der Waals surface area contributed by atoms with Crippen molar-refractivity contribution in [2.75, 3.05) is 34.9 Å². The Labute approximate surface area is 156 Å². The number of halogens is 1. The summed E-state index contributed by atoms with van der Waals surface area (Å²) in [7, 11) is 7.74. The number of hydrogen-bond acceptors (Lipinski definition) is 3. The van der Waals surface area contributed by atoms with Crippen LogP contribution in [0, 0.1) is 0 Å². The SMILES string of the molecule is COc1ccc(CC2c3c(ccc(OC)c3O)CC[N+]2(C)C)cc1.[Cl-]. The molecular weight excluding hydrogens is 338 g/mol. The molecule has 0 bridgehead atoms. The van der Waals surface area contributed by atoms with Gasteiger partial charge in [-0.15, -0.1) is 0 Å². The molecule has 25 heavy (non-hydrogen) atoms. The molecule has 1 unspecified atom stereocenters. The molecule has 1 N–H and O–H groups in total. The highest BCUT2D eigenvalue weighted by Crippen LogP contribution is 2.44. The summed E-state index contributed by atoms with van der Waals surface area (Å²) in [6, 6.07) is 12.3. The maximum atomic E-state index is 10.7. The quantitative estimate of drug-likeness (QED) is 0.796. The fraction of sp³-hybridized carbons (Fsp3) is 0.400. The molecule has 0 spiro atoms. The van der Waals surface area contributed by atoms with Gasteiger partial charge in [0.2, 0.25) is 0 Å². The molecule has 0 amide bonds. The number of phenols is 1. The first kappa shape index (κ1) is 19.4. The molecule has 2 aromatic rings. The minimum Gasteiger partial charge on any atom is -1.00 e. The highest BCUT2D eigenvalue weighted by molar-refractivity contribution is 5.52. The second kappa shape index (κ2) is 7.54. The number of nitrogens with zero attached hydrogens (tertiary/aromatic N) is 1. The minimum atomic E-state index is 0. The molecular formula is C20H26ClNO3. The Bertz CT molecular complexity index is 728. The molecule has 1 aliphatic heterocycles. The number of methoxy groups -OCH3 is 2. The molecule has 1 aliphatic rings. The Balaban J connectivity index is 0.00000225. The summed E-state index contributed by atoms with van der Waals surface area (Å²) in [5, 5.41) is 10.7. The van der Waals surface area contributed by atoms with Crippen LogP contribution in [0.15, 0.2) is 36.4 Å². The Morgan fingerprint density at radius 2 is 1.72 bits per heavy atom. The van der Waals surface area contributed by atoms with E-state index in [-0.39, 0.29) is 18.4 Å². The normalized spacial score (nSPS) is 18.0. The lowest BCUT2D eigenvalue weighted by Gasteiger charge is -2.43. The van der Waals surface area contributed by atoms with Crippen LogP contribution in [0.2, 0.25) is 0 Å². The van der Waals surface area contributed by atoms with E-state index in [2.05, 4.69) is 32.3 Å². The summed E-state index contributed by atoms with van der Waals surface area (Å²) in [4.78, 5) is 0. The first-order valence-corrected chi connectivity index (χ1v) is 8.30. The summed E-state index contributed by atoms with van der Waals surface area (Å²) in [5.74, 6) is 1.70. The zero-order valence-corrected chi connectivity index (χ0v) is 16.0. The van der Waals surface area contributed by atoms with Crippen molar-refractivity contribution in [2.24, 2.45) is 0 Å². The van der Waals surface area contributed by atoms with E-state index in [1.165, 1.54) is 11.1 Å². The molecule has 0 aromatic heterocycles. The van der Waals surface area contributed by atoms with Gasteiger partial charge in [-0.25, -0.2) is 0 Å². The van der Waals surface area contributed by atoms with Gasteiger partial charge in [0, 0.05) is 12.8 Å². The third-order valence-electron chi connectivity index (χ3n) is 5.21. The summed E-state index contributed by atoms with van der Waals surface area (Å²) < 4.78 is 11.4. The predicted octanol–water partition coefficient (Wildman–Crippen LogP) is 0.330. The first-order chi connectivity index (χ1) is 11.5. The molecule has 5 heteroatoms. The van der Waals surface area contributed by atoms with Crippen molar-refractivity contribution in [1.29, 1.82) is 0 Å². The lowest BCUT2D eigenvalue weighted by atomic mass is 9.86. The van der Waals surface area contributed by atoms with Crippen LogP contribution in [0.25, 0.3) is 0 Å². The van der Waals surface area contributed by atoms with E-state index >= 15 is 0 Å². The van der Waals surface area contributed by atoms with Crippen LogP contribution in [0.1, 0.15) is 22.7 Å². The summed E-state index contributed by atoms with van der Waals surface area (Å²) in [5.41, 5.74) is 3.49. The van der Waals surface area contributed by atoms with Gasteiger partial charge in [0.15, 0.2) is 11.5 Å². The molecule has 3 rings (SSSR count). The van der Waals surface area contributed by atoms with Crippen LogP contribution in [0.4, 0.5) is 0 Å². The molecule has 0 aliphatic carbocycles. The zero-order valence-electron chi connectivity index (χ0n) is 15.3. The van der Waals surface area contributed by atoms with E-state index in [4.69, 9.17) is 9.47 Å². The van der Waals surface area contributed by atoms with E-state index in [9.17, 15) is 5.11 Å². The number of quaternary nitrogens is 1. The smallest absolute Gasteiger partial charge is 0.167 e. The zero-order chi connectivity index (χ0) is 17.3. The maximum absolute atomic E-state index is 10.7. The van der Waals surface area contributed by atoms with Gasteiger partial charge < -0.3 is 31.5 Å². The van der Waals surface area contributed by atoms with Gasteiger partial charge in [-0.1, -0.05) is 18.2 Å². The largest absolute Gasteiger partial charge is 1.00 e. The van der Waals surface area contributed by atoms with Crippen molar-refractivity contribution in [3.8, 4) is 17.2 Å². The number of fused-ring (bicyclic) bond motifs is 1. The monoisotopic (exact) mass is 363 g/mol. The van der Waals surface area contributed by atoms with Crippen molar-refractivity contribution in [2.45, 2.75) is 18.9 Å². The van der Waals surface area contributed by atoms with Gasteiger partial charge in [0.05, 0.1) is 40.4 Å². The van der Waals surface area contributed by atoms with Gasteiger partial charge in [-0.2, -0.15) is 0 Å². The Hall–Kier alpha value is -1.91. The van der Waals surface area contributed by atoms with Crippen LogP contribution < -0.4 is 21.9 Å². The number of ether oxygens (including phenoxy) is 2. The second-order valence-corrected chi connectivity index (χ2v) is 7.01. The van der Waals surface area contributed by atoms with Crippen LogP contribution in [0.5, 0.6) is 17.2 Å². The van der Waals surface area contributed by atoms with Crippen molar-refractivity contribution in [3.05, 3.63) is 53.1 Å². The first-order valence-electron chi connectivity index (χ1n) is 8.30. The lowest BCUT2D eigenvalue weighted by Crippen LogP contribution is -3.00. The summed E-state index contributed by atoms with van der Waals surface area (Å²) in [6.45, 7) is 1.06. The molecule has 0 saturated heterocycles. The van der Waals surface area contributed by atoms with Crippen LogP contribution in [-0.2, 0) is 12.8 Å². The Kier molecular flexibility index (Phi) is 5.86. The fourth-order valence-corrected chi connectivity index (χ4v) is 3.63. The number of hydrogen-bond donors (Lipinski definition) is 1. The molecule has 4 nitrogen and oxygen atoms in total. The molecule has 1 atom stereocenters. The van der Waals surface area contributed by atoms with E-state index in [0.29, 0.717) is 11.5 Å². The second-order valence-electron chi connectivity index (χ2n) is 7.01. The van der Waals surface area contributed by atoms with E-state index in [1.807, 2.05) is 18.2 Å². The number of phenolic OH excluding ortho intramolecular Hbond substituents is 1. The van der Waals surface area contributed by atoms with Crippen LogP contribution >= 0.6 is 0 Å². The van der Waals surface area contributed by atoms with Gasteiger partial charge in [0.25, 0.3) is 0 Å². The molecule has 0 saturated carbocycles. The van der Waals surface area contributed by atoms with Gasteiger partial charge in [-0.3, -0.25) is 0 Å². The van der Waals surface area contributed by atoms with Gasteiger partial charge in [-0.05, 0) is 29.3 Å². The third-order valence-corrected chi connectivity index (χ3v) is 5.21. The standard InChI is InChI=1S/C20H25NO3.ClH/c1-21(2)12-11-15-7-10-18(24-4)20(22)19(15)17(21)13-14-5-8-16(23-3)9-6-14;/h5-10,17H,11-13H2,1-4H3;1H. The third kappa shape index (κ3) is 3.70.